The van der Waals surface area contributed by atoms with E-state index in [0.717, 1.165) is 17.8 Å². The van der Waals surface area contributed by atoms with Crippen LogP contribution in [0.25, 0.3) is 0 Å². The normalized spacial score (nSPS) is 10.3. The van der Waals surface area contributed by atoms with E-state index in [1.165, 1.54) is 5.56 Å². The Balaban J connectivity index is 1.69. The van der Waals surface area contributed by atoms with Crippen molar-refractivity contribution in [3.63, 3.8) is 0 Å². The zero-order chi connectivity index (χ0) is 17.6. The molecule has 0 atom stereocenters. The van der Waals surface area contributed by atoms with Gasteiger partial charge in [0, 0.05) is 18.4 Å². The number of nitrogens with zero attached hydrogens (tertiary/aromatic N) is 3. The zero-order valence-corrected chi connectivity index (χ0v) is 14.3. The van der Waals surface area contributed by atoms with Gasteiger partial charge in [0.25, 0.3) is 5.91 Å². The van der Waals surface area contributed by atoms with Gasteiger partial charge in [-0.1, -0.05) is 37.3 Å². The van der Waals surface area contributed by atoms with Gasteiger partial charge in [-0.2, -0.15) is 0 Å². The van der Waals surface area contributed by atoms with Gasteiger partial charge in [0.2, 0.25) is 0 Å². The lowest BCUT2D eigenvalue weighted by atomic mass is 10.1. The van der Waals surface area contributed by atoms with Crippen LogP contribution in [0.15, 0.2) is 66.7 Å². The lowest BCUT2D eigenvalue weighted by Gasteiger charge is -2.17. The fourth-order valence-corrected chi connectivity index (χ4v) is 2.43. The van der Waals surface area contributed by atoms with Crippen molar-refractivity contribution < 1.29 is 4.79 Å². The predicted molar refractivity (Wildman–Crippen MR) is 100 cm³/mol. The average molecular weight is 332 g/mol. The third-order valence-electron chi connectivity index (χ3n) is 3.99. The Bertz CT molecular complexity index is 830. The van der Waals surface area contributed by atoms with Crippen molar-refractivity contribution in [3.8, 4) is 0 Å². The molecule has 1 heterocycles. The number of carbonyl (C=O) groups is 1. The van der Waals surface area contributed by atoms with Crippen LogP contribution in [-0.2, 0) is 6.42 Å². The summed E-state index contributed by atoms with van der Waals surface area (Å²) in [6.45, 7) is 2.09. The third-order valence-corrected chi connectivity index (χ3v) is 3.99. The monoisotopic (exact) mass is 332 g/mol. The molecule has 0 saturated carbocycles. The molecule has 25 heavy (non-hydrogen) atoms. The van der Waals surface area contributed by atoms with Crippen LogP contribution in [0, 0.1) is 0 Å². The van der Waals surface area contributed by atoms with Crippen molar-refractivity contribution in [3.05, 3.63) is 78.0 Å². The van der Waals surface area contributed by atoms with Crippen LogP contribution in [-0.4, -0.2) is 23.2 Å². The third kappa shape index (κ3) is 4.01. The lowest BCUT2D eigenvalue weighted by Crippen LogP contribution is -2.16. The predicted octanol–water partition coefficient (Wildman–Crippen LogP) is 4.06. The Labute approximate surface area is 147 Å². The fourth-order valence-electron chi connectivity index (χ4n) is 2.43. The Morgan fingerprint density at radius 2 is 1.68 bits per heavy atom. The maximum Gasteiger partial charge on any atom is 0.276 e. The number of para-hydroxylation sites is 1. The largest absolute Gasteiger partial charge is 0.328 e. The first-order chi connectivity index (χ1) is 12.2. The van der Waals surface area contributed by atoms with Gasteiger partial charge in [0.05, 0.1) is 0 Å². The standard InChI is InChI=1S/C20H20N4O/c1-3-15-9-11-16(12-10-15)21-20(25)18-13-14-19(23-22-18)24(2)17-7-5-4-6-8-17/h4-14H,3H2,1-2H3,(H,21,25). The molecule has 126 valence electrons. The number of aryl methyl sites for hydroxylation is 1. The molecule has 1 aromatic heterocycles. The van der Waals surface area contributed by atoms with Crippen LogP contribution in [0.2, 0.25) is 0 Å². The average Bonchev–Trinajstić information content (AvgIpc) is 2.69. The van der Waals surface area contributed by atoms with Gasteiger partial charge in [-0.25, -0.2) is 0 Å². The first-order valence-corrected chi connectivity index (χ1v) is 8.20. The van der Waals surface area contributed by atoms with Gasteiger partial charge in [0.1, 0.15) is 0 Å². The smallest absolute Gasteiger partial charge is 0.276 e. The fraction of sp³-hybridized carbons (Fsp3) is 0.150. The summed E-state index contributed by atoms with van der Waals surface area (Å²) in [5.74, 6) is 0.403. The van der Waals surface area contributed by atoms with Crippen LogP contribution < -0.4 is 10.2 Å². The van der Waals surface area contributed by atoms with Crippen LogP contribution in [0.1, 0.15) is 23.0 Å². The first kappa shape index (κ1) is 16.6. The van der Waals surface area contributed by atoms with Gasteiger partial charge in [0.15, 0.2) is 11.5 Å². The molecule has 1 N–H and O–H groups in total. The first-order valence-electron chi connectivity index (χ1n) is 8.20. The van der Waals surface area contributed by atoms with E-state index >= 15 is 0 Å². The minimum atomic E-state index is -0.273. The van der Waals surface area contributed by atoms with E-state index in [1.54, 1.807) is 12.1 Å². The van der Waals surface area contributed by atoms with Crippen molar-refractivity contribution in [2.45, 2.75) is 13.3 Å². The Hall–Kier alpha value is -3.21. The summed E-state index contributed by atoms with van der Waals surface area (Å²) in [4.78, 5) is 14.2. The SMILES string of the molecule is CCc1ccc(NC(=O)c2ccc(N(C)c3ccccc3)nn2)cc1. The molecule has 0 spiro atoms. The van der Waals surface area contributed by atoms with Gasteiger partial charge in [-0.05, 0) is 48.4 Å². The summed E-state index contributed by atoms with van der Waals surface area (Å²) < 4.78 is 0. The number of amides is 1. The van der Waals surface area contributed by atoms with E-state index in [2.05, 4.69) is 22.4 Å². The molecule has 0 aliphatic heterocycles. The molecule has 5 nitrogen and oxygen atoms in total. The van der Waals surface area contributed by atoms with E-state index in [0.29, 0.717) is 5.82 Å². The van der Waals surface area contributed by atoms with Crippen molar-refractivity contribution in [2.75, 3.05) is 17.3 Å². The second-order valence-electron chi connectivity index (χ2n) is 5.68. The summed E-state index contributed by atoms with van der Waals surface area (Å²) in [5, 5.41) is 11.0. The maximum atomic E-state index is 12.3. The van der Waals surface area contributed by atoms with Gasteiger partial charge < -0.3 is 10.2 Å². The highest BCUT2D eigenvalue weighted by atomic mass is 16.1. The van der Waals surface area contributed by atoms with Gasteiger partial charge in [-0.15, -0.1) is 10.2 Å². The second-order valence-corrected chi connectivity index (χ2v) is 5.68. The number of anilines is 3. The molecular formula is C20H20N4O. The number of carbonyl (C=O) groups excluding carboxylic acids is 1. The molecule has 0 radical (unpaired) electrons. The summed E-state index contributed by atoms with van der Waals surface area (Å²) in [6.07, 6.45) is 0.968. The van der Waals surface area contributed by atoms with E-state index in [1.807, 2.05) is 66.5 Å². The topological polar surface area (TPSA) is 58.1 Å². The van der Waals surface area contributed by atoms with Crippen LogP contribution in [0.3, 0.4) is 0 Å². The molecule has 3 aromatic rings. The van der Waals surface area contributed by atoms with Crippen LogP contribution >= 0.6 is 0 Å². The number of hydrogen-bond acceptors (Lipinski definition) is 4. The minimum Gasteiger partial charge on any atom is -0.328 e. The zero-order valence-electron chi connectivity index (χ0n) is 14.3. The molecule has 0 bridgehead atoms. The number of hydrogen-bond donors (Lipinski definition) is 1. The summed E-state index contributed by atoms with van der Waals surface area (Å²) in [6, 6.07) is 21.1. The number of benzene rings is 2. The highest BCUT2D eigenvalue weighted by molar-refractivity contribution is 6.02. The van der Waals surface area contributed by atoms with Crippen LogP contribution in [0.5, 0.6) is 0 Å². The highest BCUT2D eigenvalue weighted by Gasteiger charge is 2.11. The molecular weight excluding hydrogens is 312 g/mol. The minimum absolute atomic E-state index is 0.273. The maximum absolute atomic E-state index is 12.3. The summed E-state index contributed by atoms with van der Waals surface area (Å²) in [7, 11) is 1.91. The van der Waals surface area contributed by atoms with Gasteiger partial charge >= 0.3 is 0 Å². The molecule has 0 aliphatic rings. The number of rotatable bonds is 5. The van der Waals surface area contributed by atoms with E-state index < -0.39 is 0 Å². The Kier molecular flexibility index (Phi) is 5.04. The molecule has 0 unspecified atom stereocenters. The highest BCUT2D eigenvalue weighted by Crippen LogP contribution is 2.20. The number of nitrogens with one attached hydrogen (secondary N) is 1. The summed E-state index contributed by atoms with van der Waals surface area (Å²) >= 11 is 0. The Morgan fingerprint density at radius 1 is 0.960 bits per heavy atom. The van der Waals surface area contributed by atoms with E-state index in [4.69, 9.17) is 0 Å². The van der Waals surface area contributed by atoms with Crippen molar-refractivity contribution in [1.82, 2.24) is 10.2 Å². The molecule has 5 heteroatoms. The quantitative estimate of drug-likeness (QED) is 0.765. The molecule has 0 saturated heterocycles. The summed E-state index contributed by atoms with van der Waals surface area (Å²) in [5.41, 5.74) is 3.26. The lowest BCUT2D eigenvalue weighted by molar-refractivity contribution is 0.102. The van der Waals surface area contributed by atoms with Crippen molar-refractivity contribution in [2.24, 2.45) is 0 Å². The molecule has 3 rings (SSSR count). The molecule has 0 fully saturated rings. The number of aromatic nitrogens is 2. The second kappa shape index (κ2) is 7.57. The Morgan fingerprint density at radius 3 is 2.28 bits per heavy atom. The van der Waals surface area contributed by atoms with Crippen LogP contribution in [0.4, 0.5) is 17.2 Å². The van der Waals surface area contributed by atoms with E-state index in [-0.39, 0.29) is 11.6 Å². The van der Waals surface area contributed by atoms with Crippen molar-refractivity contribution >= 4 is 23.1 Å². The molecule has 1 amide bonds. The molecule has 0 aliphatic carbocycles. The molecule has 2 aromatic carbocycles. The van der Waals surface area contributed by atoms with E-state index in [9.17, 15) is 4.79 Å². The van der Waals surface area contributed by atoms with Crippen molar-refractivity contribution in [1.29, 1.82) is 0 Å². The van der Waals surface area contributed by atoms with Gasteiger partial charge in [-0.3, -0.25) is 4.79 Å².